The van der Waals surface area contributed by atoms with Gasteiger partial charge >= 0.3 is 0 Å². The van der Waals surface area contributed by atoms with E-state index in [9.17, 15) is 9.00 Å². The summed E-state index contributed by atoms with van der Waals surface area (Å²) in [6, 6.07) is 4.56. The molecular formula is C21H22FN5O2S2. The lowest BCUT2D eigenvalue weighted by molar-refractivity contribution is 0.0988. The van der Waals surface area contributed by atoms with Crippen LogP contribution in [-0.2, 0) is 21.7 Å². The van der Waals surface area contributed by atoms with Crippen LogP contribution in [0.15, 0.2) is 41.0 Å². The number of benzene rings is 1. The number of rotatable bonds is 4. The standard InChI is InChI=1S/C21H22FN5O2S2/c1-20(21(6-7-21)31(3,29)26(2)18(23)25-20)14-10-13(4-5-15(14)22)11-17(28)16-12-27-8-9-30-19(27)24-16/h4-5,8-10,12H,3,6-7,11H2,1-2H3,(H2,23,25)/t20-,31?/m1/s1. The van der Waals surface area contributed by atoms with Gasteiger partial charge in [-0.15, -0.1) is 11.3 Å². The van der Waals surface area contributed by atoms with Gasteiger partial charge < -0.3 is 5.73 Å². The molecule has 10 heteroatoms. The van der Waals surface area contributed by atoms with E-state index < -0.39 is 25.8 Å². The third-order valence-electron chi connectivity index (χ3n) is 6.60. The fourth-order valence-electron chi connectivity index (χ4n) is 4.54. The Kier molecular flexibility index (Phi) is 4.17. The molecule has 1 aliphatic carbocycles. The Morgan fingerprint density at radius 1 is 1.42 bits per heavy atom. The van der Waals surface area contributed by atoms with Gasteiger partial charge in [-0.05, 0) is 43.3 Å². The van der Waals surface area contributed by atoms with E-state index in [0.29, 0.717) is 24.1 Å². The number of fused-ring (bicyclic) bond motifs is 1. The van der Waals surface area contributed by atoms with E-state index in [1.54, 1.807) is 36.7 Å². The third kappa shape index (κ3) is 2.71. The average Bonchev–Trinajstić information content (AvgIpc) is 3.28. The average molecular weight is 460 g/mol. The Bertz CT molecular complexity index is 1340. The second kappa shape index (κ2) is 6.39. The molecule has 1 fully saturated rings. The van der Waals surface area contributed by atoms with Crippen LogP contribution in [0, 0.1) is 5.82 Å². The van der Waals surface area contributed by atoms with Crippen LogP contribution in [0.25, 0.3) is 4.96 Å². The largest absolute Gasteiger partial charge is 0.369 e. The number of aromatic nitrogens is 2. The summed E-state index contributed by atoms with van der Waals surface area (Å²) in [5.41, 5.74) is 6.21. The molecule has 31 heavy (non-hydrogen) atoms. The quantitative estimate of drug-likeness (QED) is 0.479. The summed E-state index contributed by atoms with van der Waals surface area (Å²) in [5, 5.41) is 1.89. The van der Waals surface area contributed by atoms with E-state index in [1.807, 2.05) is 11.6 Å². The monoisotopic (exact) mass is 459 g/mol. The molecule has 162 valence electrons. The second-order valence-electron chi connectivity index (χ2n) is 8.31. The van der Waals surface area contributed by atoms with Gasteiger partial charge in [0.1, 0.15) is 17.1 Å². The predicted molar refractivity (Wildman–Crippen MR) is 121 cm³/mol. The van der Waals surface area contributed by atoms with Crippen LogP contribution >= 0.6 is 11.3 Å². The van der Waals surface area contributed by atoms with Crippen molar-refractivity contribution < 1.29 is 13.4 Å². The maximum atomic E-state index is 15.1. The first-order valence-electron chi connectivity index (χ1n) is 9.79. The number of thiazole rings is 1. The molecule has 1 saturated carbocycles. The zero-order chi connectivity index (χ0) is 22.2. The molecule has 3 aromatic rings. The molecule has 3 heterocycles. The molecule has 1 unspecified atom stereocenters. The maximum Gasteiger partial charge on any atom is 0.203 e. The van der Waals surface area contributed by atoms with Crippen LogP contribution in [0.2, 0.25) is 0 Å². The number of ketones is 1. The molecule has 0 bridgehead atoms. The van der Waals surface area contributed by atoms with Crippen LogP contribution < -0.4 is 5.73 Å². The summed E-state index contributed by atoms with van der Waals surface area (Å²) < 4.78 is 31.0. The topological polar surface area (TPSA) is 93.1 Å². The van der Waals surface area contributed by atoms with Crippen molar-refractivity contribution >= 4 is 43.6 Å². The predicted octanol–water partition coefficient (Wildman–Crippen LogP) is 2.60. The smallest absolute Gasteiger partial charge is 0.203 e. The molecule has 0 radical (unpaired) electrons. The highest BCUT2D eigenvalue weighted by Gasteiger charge is 2.67. The zero-order valence-corrected chi connectivity index (χ0v) is 18.8. The molecule has 2 atom stereocenters. The SMILES string of the molecule is C=S1(=O)N(C)C(N)=N[C@](C)(c2cc(CC(=O)c3cn4ccsc4n3)ccc2F)C12CC2. The van der Waals surface area contributed by atoms with Gasteiger partial charge in [0.05, 0.1) is 14.5 Å². The number of nitrogens with zero attached hydrogens (tertiary/aromatic N) is 4. The normalized spacial score (nSPS) is 26.9. The van der Waals surface area contributed by atoms with Crippen molar-refractivity contribution in [2.24, 2.45) is 10.7 Å². The zero-order valence-electron chi connectivity index (χ0n) is 17.2. The van der Waals surface area contributed by atoms with E-state index in [2.05, 4.69) is 15.8 Å². The van der Waals surface area contributed by atoms with E-state index in [4.69, 9.17) is 5.73 Å². The van der Waals surface area contributed by atoms with E-state index >= 15 is 4.39 Å². The van der Waals surface area contributed by atoms with Gasteiger partial charge in [-0.25, -0.2) is 18.6 Å². The summed E-state index contributed by atoms with van der Waals surface area (Å²) in [7, 11) is -1.20. The van der Waals surface area contributed by atoms with Crippen molar-refractivity contribution in [3.63, 3.8) is 0 Å². The number of guanidine groups is 1. The van der Waals surface area contributed by atoms with Crippen molar-refractivity contribution in [1.82, 2.24) is 13.7 Å². The minimum atomic E-state index is -2.81. The molecule has 7 nitrogen and oxygen atoms in total. The summed E-state index contributed by atoms with van der Waals surface area (Å²) in [6.07, 6.45) is 4.83. The van der Waals surface area contributed by atoms with Crippen LogP contribution in [0.4, 0.5) is 4.39 Å². The van der Waals surface area contributed by atoms with Gasteiger partial charge in [-0.1, -0.05) is 6.07 Å². The lowest BCUT2D eigenvalue weighted by atomic mass is 9.85. The van der Waals surface area contributed by atoms with Crippen LogP contribution in [-0.4, -0.2) is 47.3 Å². The minimum absolute atomic E-state index is 0.0685. The highest BCUT2D eigenvalue weighted by Crippen LogP contribution is 2.60. The number of hydrogen-bond acceptors (Lipinski definition) is 6. The molecular weight excluding hydrogens is 437 g/mol. The number of hydrogen-bond donors (Lipinski definition) is 1. The number of halogens is 1. The second-order valence-corrected chi connectivity index (χ2v) is 11.8. The minimum Gasteiger partial charge on any atom is -0.369 e. The van der Waals surface area contributed by atoms with E-state index in [0.717, 1.165) is 4.96 Å². The van der Waals surface area contributed by atoms with Crippen LogP contribution in [0.3, 0.4) is 0 Å². The third-order valence-corrected chi connectivity index (χ3v) is 10.5. The maximum absolute atomic E-state index is 15.1. The molecule has 2 N–H and O–H groups in total. The number of carbonyl (C=O) groups is 1. The summed E-state index contributed by atoms with van der Waals surface area (Å²) in [4.78, 5) is 22.5. The van der Waals surface area contributed by atoms with Gasteiger partial charge in [0.25, 0.3) is 0 Å². The summed E-state index contributed by atoms with van der Waals surface area (Å²) in [5.74, 6) is 3.40. The lowest BCUT2D eigenvalue weighted by Crippen LogP contribution is -2.58. The first-order valence-corrected chi connectivity index (χ1v) is 12.4. The molecule has 2 aliphatic rings. The van der Waals surface area contributed by atoms with Gasteiger partial charge in [-0.2, -0.15) is 0 Å². The van der Waals surface area contributed by atoms with Crippen molar-refractivity contribution in [3.05, 3.63) is 58.6 Å². The number of imidazole rings is 1. The van der Waals surface area contributed by atoms with Crippen molar-refractivity contribution in [2.45, 2.75) is 36.5 Å². The summed E-state index contributed by atoms with van der Waals surface area (Å²) in [6.45, 7) is 1.76. The van der Waals surface area contributed by atoms with Crippen LogP contribution in [0.1, 0.15) is 41.4 Å². The number of carbonyl (C=O) groups excluding carboxylic acids is 1. The molecule has 1 spiro atoms. The Morgan fingerprint density at radius 2 is 2.16 bits per heavy atom. The number of aliphatic imine (C=N–C) groups is 1. The molecule has 2 aromatic heterocycles. The Hall–Kier alpha value is -2.72. The molecule has 1 aliphatic heterocycles. The fraction of sp³-hybridized carbons (Fsp3) is 0.333. The highest BCUT2D eigenvalue weighted by molar-refractivity contribution is 8.00. The van der Waals surface area contributed by atoms with Gasteiger partial charge in [0, 0.05) is 36.8 Å². The molecule has 0 saturated heterocycles. The van der Waals surface area contributed by atoms with Crippen molar-refractivity contribution in [3.8, 4) is 0 Å². The summed E-state index contributed by atoms with van der Waals surface area (Å²) >= 11 is 1.45. The van der Waals surface area contributed by atoms with Crippen molar-refractivity contribution in [1.29, 1.82) is 0 Å². The van der Waals surface area contributed by atoms with Crippen molar-refractivity contribution in [2.75, 3.05) is 7.05 Å². The Balaban J connectivity index is 1.54. The van der Waals surface area contributed by atoms with E-state index in [-0.39, 0.29) is 23.7 Å². The molecule has 0 amide bonds. The van der Waals surface area contributed by atoms with Gasteiger partial charge in [0.15, 0.2) is 10.7 Å². The first kappa shape index (κ1) is 20.2. The number of Topliss-reactive ketones (excluding diaryl/α,β-unsaturated/α-hetero) is 1. The fourth-order valence-corrected chi connectivity index (χ4v) is 7.63. The number of nitrogens with two attached hydrogens (primary N) is 1. The molecule has 5 rings (SSSR count). The highest BCUT2D eigenvalue weighted by atomic mass is 32.2. The van der Waals surface area contributed by atoms with Gasteiger partial charge in [-0.3, -0.25) is 13.5 Å². The molecule has 1 aromatic carbocycles. The lowest BCUT2D eigenvalue weighted by Gasteiger charge is -2.45. The van der Waals surface area contributed by atoms with Crippen LogP contribution in [0.5, 0.6) is 0 Å². The Labute approximate surface area is 183 Å². The first-order chi connectivity index (χ1) is 14.6. The van der Waals surface area contributed by atoms with E-state index in [1.165, 1.54) is 21.7 Å². The van der Waals surface area contributed by atoms with Gasteiger partial charge in [0.2, 0.25) is 5.96 Å². The Morgan fingerprint density at radius 3 is 2.84 bits per heavy atom.